The van der Waals surface area contributed by atoms with E-state index < -0.39 is 5.91 Å². The molecular formula is C34H44N4O4. The fourth-order valence-corrected chi connectivity index (χ4v) is 4.60. The lowest BCUT2D eigenvalue weighted by Crippen LogP contribution is -2.47. The SMILES string of the molecule is CCOc1ccccc1CNCC(=O)N(CC(=O)N(CC(N)=O)Cc1ccccc1C)Cc1ccc(C(C)(C)C)cc1. The molecule has 3 amide bonds. The molecule has 0 aliphatic carbocycles. The lowest BCUT2D eigenvalue weighted by molar-refractivity contribution is -0.142. The number of nitrogens with one attached hydrogen (secondary N) is 1. The molecule has 3 aromatic carbocycles. The van der Waals surface area contributed by atoms with Crippen molar-refractivity contribution in [2.24, 2.45) is 5.73 Å². The molecule has 224 valence electrons. The summed E-state index contributed by atoms with van der Waals surface area (Å²) in [5.74, 6) is -0.420. The number of carbonyl (C=O) groups is 3. The lowest BCUT2D eigenvalue weighted by Gasteiger charge is -2.28. The standard InChI is InChI=1S/C34H44N4O4/c1-6-42-30-14-10-9-12-27(30)19-36-20-32(40)37(21-26-15-17-29(18-16-26)34(3,4)5)24-33(41)38(23-31(35)39)22-28-13-8-7-11-25(28)2/h7-18,36H,6,19-24H2,1-5H3,(H2,35,39). The molecule has 0 unspecified atom stereocenters. The Kier molecular flexibility index (Phi) is 11.7. The second kappa shape index (κ2) is 15.2. The molecule has 0 fully saturated rings. The van der Waals surface area contributed by atoms with Crippen molar-refractivity contribution in [1.29, 1.82) is 0 Å². The Morgan fingerprint density at radius 2 is 1.43 bits per heavy atom. The first kappa shape index (κ1) is 32.3. The van der Waals surface area contributed by atoms with Gasteiger partial charge in [-0.25, -0.2) is 0 Å². The van der Waals surface area contributed by atoms with Crippen LogP contribution in [-0.2, 0) is 39.4 Å². The van der Waals surface area contributed by atoms with Crippen molar-refractivity contribution in [3.63, 3.8) is 0 Å². The molecule has 3 N–H and O–H groups in total. The fourth-order valence-electron chi connectivity index (χ4n) is 4.60. The van der Waals surface area contributed by atoms with E-state index in [0.29, 0.717) is 13.2 Å². The molecule has 0 radical (unpaired) electrons. The zero-order valence-corrected chi connectivity index (χ0v) is 25.5. The van der Waals surface area contributed by atoms with E-state index in [4.69, 9.17) is 10.5 Å². The van der Waals surface area contributed by atoms with Crippen LogP contribution in [0, 0.1) is 6.92 Å². The molecular weight excluding hydrogens is 528 g/mol. The fraction of sp³-hybridized carbons (Fsp3) is 0.382. The topological polar surface area (TPSA) is 105 Å². The third-order valence-corrected chi connectivity index (χ3v) is 7.06. The maximum Gasteiger partial charge on any atom is 0.242 e. The Labute approximate surface area is 249 Å². The van der Waals surface area contributed by atoms with Crippen LogP contribution in [0.3, 0.4) is 0 Å². The summed E-state index contributed by atoms with van der Waals surface area (Å²) in [4.78, 5) is 42.0. The van der Waals surface area contributed by atoms with Crippen molar-refractivity contribution < 1.29 is 19.1 Å². The van der Waals surface area contributed by atoms with Crippen molar-refractivity contribution in [3.8, 4) is 5.75 Å². The summed E-state index contributed by atoms with van der Waals surface area (Å²) in [6.07, 6.45) is 0. The maximum absolute atomic E-state index is 13.6. The molecule has 0 bridgehead atoms. The smallest absolute Gasteiger partial charge is 0.242 e. The number of aryl methyl sites for hydroxylation is 1. The molecule has 0 aliphatic heterocycles. The van der Waals surface area contributed by atoms with E-state index in [0.717, 1.165) is 28.0 Å². The van der Waals surface area contributed by atoms with Crippen molar-refractivity contribution in [1.82, 2.24) is 15.1 Å². The highest BCUT2D eigenvalue weighted by molar-refractivity contribution is 5.88. The Morgan fingerprint density at radius 1 is 0.810 bits per heavy atom. The molecule has 0 spiro atoms. The van der Waals surface area contributed by atoms with Gasteiger partial charge in [0.1, 0.15) is 12.3 Å². The van der Waals surface area contributed by atoms with Gasteiger partial charge in [-0.1, -0.05) is 87.5 Å². The molecule has 3 rings (SSSR count). The normalized spacial score (nSPS) is 11.2. The Hall–Kier alpha value is -4.17. The van der Waals surface area contributed by atoms with Gasteiger partial charge in [0, 0.05) is 25.2 Å². The van der Waals surface area contributed by atoms with Crippen LogP contribution in [0.25, 0.3) is 0 Å². The van der Waals surface area contributed by atoms with E-state index in [1.54, 1.807) is 0 Å². The number of hydrogen-bond acceptors (Lipinski definition) is 5. The van der Waals surface area contributed by atoms with Crippen LogP contribution in [0.15, 0.2) is 72.8 Å². The summed E-state index contributed by atoms with van der Waals surface area (Å²) in [5, 5.41) is 3.21. The number of hydrogen-bond donors (Lipinski definition) is 2. The second-order valence-corrected chi connectivity index (χ2v) is 11.5. The number of nitrogens with zero attached hydrogens (tertiary/aromatic N) is 2. The summed E-state index contributed by atoms with van der Waals surface area (Å²) < 4.78 is 5.70. The molecule has 0 aliphatic rings. The highest BCUT2D eigenvalue weighted by Gasteiger charge is 2.24. The number of rotatable bonds is 14. The average molecular weight is 573 g/mol. The summed E-state index contributed by atoms with van der Waals surface area (Å²) >= 11 is 0. The predicted octanol–water partition coefficient (Wildman–Crippen LogP) is 4.32. The van der Waals surface area contributed by atoms with Crippen LogP contribution in [0.1, 0.15) is 55.5 Å². The molecule has 0 atom stereocenters. The van der Waals surface area contributed by atoms with Gasteiger partial charge in [-0.05, 0) is 47.6 Å². The average Bonchev–Trinajstić information content (AvgIpc) is 2.94. The van der Waals surface area contributed by atoms with E-state index in [-0.39, 0.29) is 50.0 Å². The zero-order chi connectivity index (χ0) is 30.7. The summed E-state index contributed by atoms with van der Waals surface area (Å²) in [6.45, 7) is 11.4. The minimum absolute atomic E-state index is 0.00344. The van der Waals surface area contributed by atoms with Gasteiger partial charge in [-0.15, -0.1) is 0 Å². The molecule has 8 heteroatoms. The summed E-state index contributed by atoms with van der Waals surface area (Å²) in [6, 6.07) is 23.5. The van der Waals surface area contributed by atoms with Crippen molar-refractivity contribution >= 4 is 17.7 Å². The second-order valence-electron chi connectivity index (χ2n) is 11.5. The largest absolute Gasteiger partial charge is 0.494 e. The number of benzene rings is 3. The lowest BCUT2D eigenvalue weighted by atomic mass is 9.87. The molecule has 0 heterocycles. The highest BCUT2D eigenvalue weighted by Crippen LogP contribution is 2.23. The monoisotopic (exact) mass is 572 g/mol. The highest BCUT2D eigenvalue weighted by atomic mass is 16.5. The van der Waals surface area contributed by atoms with Gasteiger partial charge in [0.2, 0.25) is 17.7 Å². The maximum atomic E-state index is 13.6. The third kappa shape index (κ3) is 9.73. The van der Waals surface area contributed by atoms with Crippen LogP contribution in [0.2, 0.25) is 0 Å². The van der Waals surface area contributed by atoms with Crippen LogP contribution in [-0.4, -0.2) is 53.8 Å². The van der Waals surface area contributed by atoms with Crippen molar-refractivity contribution in [2.45, 2.75) is 59.7 Å². The first-order chi connectivity index (χ1) is 20.0. The number of para-hydroxylation sites is 1. The number of carbonyl (C=O) groups excluding carboxylic acids is 3. The predicted molar refractivity (Wildman–Crippen MR) is 166 cm³/mol. The molecule has 8 nitrogen and oxygen atoms in total. The Bertz CT molecular complexity index is 1350. The van der Waals surface area contributed by atoms with Gasteiger partial charge in [0.05, 0.1) is 19.7 Å². The van der Waals surface area contributed by atoms with Gasteiger partial charge in [0.15, 0.2) is 0 Å². The third-order valence-electron chi connectivity index (χ3n) is 7.06. The van der Waals surface area contributed by atoms with Crippen LogP contribution in [0.4, 0.5) is 0 Å². The first-order valence-corrected chi connectivity index (χ1v) is 14.4. The van der Waals surface area contributed by atoms with Gasteiger partial charge in [-0.2, -0.15) is 0 Å². The van der Waals surface area contributed by atoms with E-state index in [1.165, 1.54) is 15.4 Å². The number of amides is 3. The molecule has 0 saturated carbocycles. The van der Waals surface area contributed by atoms with Crippen molar-refractivity contribution in [3.05, 3.63) is 101 Å². The zero-order valence-electron chi connectivity index (χ0n) is 25.5. The van der Waals surface area contributed by atoms with Crippen LogP contribution in [0.5, 0.6) is 5.75 Å². The molecule has 0 aromatic heterocycles. The van der Waals surface area contributed by atoms with Gasteiger partial charge in [-0.3, -0.25) is 14.4 Å². The van der Waals surface area contributed by atoms with Crippen molar-refractivity contribution in [2.75, 3.05) is 26.2 Å². The summed E-state index contributed by atoms with van der Waals surface area (Å²) in [7, 11) is 0. The first-order valence-electron chi connectivity index (χ1n) is 14.4. The minimum atomic E-state index is -0.609. The van der Waals surface area contributed by atoms with Gasteiger partial charge >= 0.3 is 0 Å². The van der Waals surface area contributed by atoms with E-state index in [9.17, 15) is 14.4 Å². The van der Waals surface area contributed by atoms with Crippen LogP contribution >= 0.6 is 0 Å². The molecule has 42 heavy (non-hydrogen) atoms. The Balaban J connectivity index is 1.79. The van der Waals surface area contributed by atoms with Gasteiger partial charge < -0.3 is 25.6 Å². The summed E-state index contributed by atoms with van der Waals surface area (Å²) in [5.41, 5.74) is 10.5. The Morgan fingerprint density at radius 3 is 2.05 bits per heavy atom. The molecule has 3 aromatic rings. The molecule has 0 saturated heterocycles. The van der Waals surface area contributed by atoms with E-state index in [1.807, 2.05) is 74.5 Å². The quantitative estimate of drug-likeness (QED) is 0.299. The van der Waals surface area contributed by atoms with Crippen LogP contribution < -0.4 is 15.8 Å². The van der Waals surface area contributed by atoms with E-state index in [2.05, 4.69) is 38.2 Å². The number of ether oxygens (including phenoxy) is 1. The number of primary amides is 1. The minimum Gasteiger partial charge on any atom is -0.494 e. The van der Waals surface area contributed by atoms with E-state index >= 15 is 0 Å². The number of nitrogens with two attached hydrogens (primary N) is 1. The van der Waals surface area contributed by atoms with Gasteiger partial charge in [0.25, 0.3) is 0 Å².